The Morgan fingerprint density at radius 1 is 1.47 bits per heavy atom. The zero-order chi connectivity index (χ0) is 13.7. The zero-order valence-electron chi connectivity index (χ0n) is 11.0. The van der Waals surface area contributed by atoms with Gasteiger partial charge in [-0.15, -0.1) is 0 Å². The van der Waals surface area contributed by atoms with Gasteiger partial charge in [0.25, 0.3) is 0 Å². The van der Waals surface area contributed by atoms with Crippen LogP contribution in [-0.2, 0) is 9.53 Å². The average Bonchev–Trinajstić information content (AvgIpc) is 2.49. The molecule has 1 aromatic carbocycles. The molecule has 0 spiro atoms. The Morgan fingerprint density at radius 2 is 2.21 bits per heavy atom. The lowest BCUT2D eigenvalue weighted by Gasteiger charge is -2.22. The molecule has 1 aromatic rings. The molecular weight excluding hydrogens is 242 g/mol. The number of Topliss-reactive ketones (excluding diaryl/α,β-unsaturated/α-hetero) is 1. The smallest absolute Gasteiger partial charge is 0.159 e. The van der Waals surface area contributed by atoms with Crippen LogP contribution in [-0.4, -0.2) is 26.1 Å². The van der Waals surface area contributed by atoms with E-state index in [2.05, 4.69) is 6.07 Å². The van der Waals surface area contributed by atoms with Gasteiger partial charge in [-0.2, -0.15) is 5.26 Å². The van der Waals surface area contributed by atoms with Crippen molar-refractivity contribution in [3.8, 4) is 11.8 Å². The SMILES string of the molecule is COc1ccc(C(C#N)C(=O)C2CCCOC2)cc1. The summed E-state index contributed by atoms with van der Waals surface area (Å²) in [6.45, 7) is 1.15. The van der Waals surface area contributed by atoms with Gasteiger partial charge < -0.3 is 9.47 Å². The van der Waals surface area contributed by atoms with E-state index in [1.807, 2.05) is 0 Å². The van der Waals surface area contributed by atoms with Crippen molar-refractivity contribution in [2.24, 2.45) is 5.92 Å². The van der Waals surface area contributed by atoms with Gasteiger partial charge in [-0.3, -0.25) is 4.79 Å². The summed E-state index contributed by atoms with van der Waals surface area (Å²) in [5.74, 6) is -0.181. The highest BCUT2D eigenvalue weighted by Crippen LogP contribution is 2.26. The Morgan fingerprint density at radius 3 is 2.74 bits per heavy atom. The van der Waals surface area contributed by atoms with Crippen molar-refractivity contribution in [3.63, 3.8) is 0 Å². The standard InChI is InChI=1S/C15H17NO3/c1-18-13-6-4-11(5-7-13)14(9-16)15(17)12-3-2-8-19-10-12/h4-7,12,14H,2-3,8,10H2,1H3. The fourth-order valence-corrected chi connectivity index (χ4v) is 2.30. The molecule has 0 amide bonds. The van der Waals surface area contributed by atoms with Crippen molar-refractivity contribution < 1.29 is 14.3 Å². The number of carbonyl (C=O) groups excluding carboxylic acids is 1. The summed E-state index contributed by atoms with van der Waals surface area (Å²) in [5, 5.41) is 9.26. The van der Waals surface area contributed by atoms with Crippen LogP contribution < -0.4 is 4.74 Å². The molecule has 1 heterocycles. The predicted molar refractivity (Wildman–Crippen MR) is 69.9 cm³/mol. The molecule has 19 heavy (non-hydrogen) atoms. The highest BCUT2D eigenvalue weighted by Gasteiger charge is 2.29. The van der Waals surface area contributed by atoms with E-state index in [0.717, 1.165) is 18.4 Å². The highest BCUT2D eigenvalue weighted by molar-refractivity contribution is 5.90. The normalized spacial score (nSPS) is 20.3. The Kier molecular flexibility index (Phi) is 4.53. The molecule has 4 heteroatoms. The minimum atomic E-state index is -0.711. The average molecular weight is 259 g/mol. The molecule has 1 aliphatic rings. The first-order valence-corrected chi connectivity index (χ1v) is 6.41. The monoisotopic (exact) mass is 259 g/mol. The summed E-state index contributed by atoms with van der Waals surface area (Å²) >= 11 is 0. The molecule has 1 saturated heterocycles. The van der Waals surface area contributed by atoms with Gasteiger partial charge >= 0.3 is 0 Å². The van der Waals surface area contributed by atoms with E-state index >= 15 is 0 Å². The highest BCUT2D eigenvalue weighted by atomic mass is 16.5. The number of benzene rings is 1. The number of ketones is 1. The lowest BCUT2D eigenvalue weighted by atomic mass is 9.85. The van der Waals surface area contributed by atoms with Crippen LogP contribution in [0.5, 0.6) is 5.75 Å². The van der Waals surface area contributed by atoms with Crippen LogP contribution in [0.15, 0.2) is 24.3 Å². The molecule has 2 atom stereocenters. The molecular formula is C15H17NO3. The molecule has 0 bridgehead atoms. The molecule has 1 fully saturated rings. The van der Waals surface area contributed by atoms with Crippen LogP contribution >= 0.6 is 0 Å². The van der Waals surface area contributed by atoms with Gasteiger partial charge in [-0.1, -0.05) is 12.1 Å². The van der Waals surface area contributed by atoms with Crippen LogP contribution in [0.3, 0.4) is 0 Å². The topological polar surface area (TPSA) is 59.3 Å². The lowest BCUT2D eigenvalue weighted by Crippen LogP contribution is -2.29. The third-order valence-corrected chi connectivity index (χ3v) is 3.43. The van der Waals surface area contributed by atoms with Crippen molar-refractivity contribution >= 4 is 5.78 Å². The van der Waals surface area contributed by atoms with Crippen molar-refractivity contribution in [2.45, 2.75) is 18.8 Å². The zero-order valence-corrected chi connectivity index (χ0v) is 11.0. The van der Waals surface area contributed by atoms with E-state index < -0.39 is 5.92 Å². The first-order valence-electron chi connectivity index (χ1n) is 6.41. The molecule has 4 nitrogen and oxygen atoms in total. The van der Waals surface area contributed by atoms with Gasteiger partial charge in [0.2, 0.25) is 0 Å². The van der Waals surface area contributed by atoms with Crippen LogP contribution in [0, 0.1) is 17.2 Å². The fourth-order valence-electron chi connectivity index (χ4n) is 2.30. The van der Waals surface area contributed by atoms with Gasteiger partial charge in [0.05, 0.1) is 19.8 Å². The summed E-state index contributed by atoms with van der Waals surface area (Å²) < 4.78 is 10.4. The second-order valence-electron chi connectivity index (χ2n) is 4.65. The first kappa shape index (κ1) is 13.6. The van der Waals surface area contributed by atoms with Gasteiger partial charge in [0, 0.05) is 12.5 Å². The largest absolute Gasteiger partial charge is 0.497 e. The van der Waals surface area contributed by atoms with E-state index in [0.29, 0.717) is 19.0 Å². The number of ether oxygens (including phenoxy) is 2. The summed E-state index contributed by atoms with van der Waals surface area (Å²) in [6.07, 6.45) is 1.70. The summed E-state index contributed by atoms with van der Waals surface area (Å²) in [7, 11) is 1.58. The van der Waals surface area contributed by atoms with E-state index in [-0.39, 0.29) is 11.7 Å². The van der Waals surface area contributed by atoms with Crippen LogP contribution in [0.25, 0.3) is 0 Å². The van der Waals surface area contributed by atoms with Gasteiger partial charge in [-0.25, -0.2) is 0 Å². The molecule has 0 aromatic heterocycles. The minimum Gasteiger partial charge on any atom is -0.497 e. The van der Waals surface area contributed by atoms with E-state index in [1.165, 1.54) is 0 Å². The van der Waals surface area contributed by atoms with Crippen molar-refractivity contribution in [3.05, 3.63) is 29.8 Å². The van der Waals surface area contributed by atoms with E-state index in [1.54, 1.807) is 31.4 Å². The maximum Gasteiger partial charge on any atom is 0.159 e. The van der Waals surface area contributed by atoms with E-state index in [4.69, 9.17) is 9.47 Å². The lowest BCUT2D eigenvalue weighted by molar-refractivity contribution is -0.127. The summed E-state index contributed by atoms with van der Waals surface area (Å²) in [5.41, 5.74) is 0.721. The van der Waals surface area contributed by atoms with Gasteiger partial charge in [0.15, 0.2) is 5.78 Å². The molecule has 2 unspecified atom stereocenters. The quantitative estimate of drug-likeness (QED) is 0.832. The molecule has 0 saturated carbocycles. The van der Waals surface area contributed by atoms with Crippen molar-refractivity contribution in [1.29, 1.82) is 5.26 Å². The number of hydrogen-bond acceptors (Lipinski definition) is 4. The number of hydrogen-bond donors (Lipinski definition) is 0. The Bertz CT molecular complexity index is 469. The minimum absolute atomic E-state index is 0.0348. The number of nitrogens with zero attached hydrogens (tertiary/aromatic N) is 1. The van der Waals surface area contributed by atoms with Crippen molar-refractivity contribution in [1.82, 2.24) is 0 Å². The molecule has 2 rings (SSSR count). The van der Waals surface area contributed by atoms with Crippen LogP contribution in [0.1, 0.15) is 24.3 Å². The molecule has 1 aliphatic heterocycles. The maximum atomic E-state index is 12.4. The number of nitriles is 1. The fraction of sp³-hybridized carbons (Fsp3) is 0.467. The molecule has 0 aliphatic carbocycles. The molecule has 100 valence electrons. The first-order chi connectivity index (χ1) is 9.26. The van der Waals surface area contributed by atoms with Crippen molar-refractivity contribution in [2.75, 3.05) is 20.3 Å². The van der Waals surface area contributed by atoms with E-state index in [9.17, 15) is 10.1 Å². The van der Waals surface area contributed by atoms with Gasteiger partial charge in [0.1, 0.15) is 11.7 Å². The third kappa shape index (κ3) is 3.12. The predicted octanol–water partition coefficient (Wildman–Crippen LogP) is 2.30. The molecule has 0 radical (unpaired) electrons. The Labute approximate surface area is 112 Å². The van der Waals surface area contributed by atoms with Gasteiger partial charge in [-0.05, 0) is 30.5 Å². The molecule has 0 N–H and O–H groups in total. The van der Waals surface area contributed by atoms with Crippen LogP contribution in [0.4, 0.5) is 0 Å². The second kappa shape index (κ2) is 6.35. The summed E-state index contributed by atoms with van der Waals surface area (Å²) in [4.78, 5) is 12.4. The second-order valence-corrected chi connectivity index (χ2v) is 4.65. The van der Waals surface area contributed by atoms with Crippen LogP contribution in [0.2, 0.25) is 0 Å². The maximum absolute atomic E-state index is 12.4. The Hall–Kier alpha value is -1.86. The summed E-state index contributed by atoms with van der Waals surface area (Å²) in [6, 6.07) is 9.19. The number of rotatable bonds is 4. The number of methoxy groups -OCH3 is 1. The number of carbonyl (C=O) groups is 1. The third-order valence-electron chi connectivity index (χ3n) is 3.43. The Balaban J connectivity index is 2.14.